The van der Waals surface area contributed by atoms with Crippen LogP contribution in [0.3, 0.4) is 0 Å². The number of nitrogens with zero attached hydrogens (tertiary/aromatic N) is 3. The third-order valence-electron chi connectivity index (χ3n) is 4.51. The third kappa shape index (κ3) is 3.90. The van der Waals surface area contributed by atoms with Crippen LogP contribution < -0.4 is 5.32 Å². The summed E-state index contributed by atoms with van der Waals surface area (Å²) in [6.45, 7) is 7.30. The Kier molecular flexibility index (Phi) is 5.16. The normalized spacial score (nSPS) is 11.2. The maximum Gasteiger partial charge on any atom is 0.220 e. The Labute approximate surface area is 147 Å². The highest BCUT2D eigenvalue weighted by Gasteiger charge is 2.11. The molecule has 2 heterocycles. The molecule has 1 N–H and O–H groups in total. The van der Waals surface area contributed by atoms with Crippen molar-refractivity contribution in [1.82, 2.24) is 20.0 Å². The number of para-hydroxylation sites is 2. The van der Waals surface area contributed by atoms with E-state index in [0.717, 1.165) is 46.8 Å². The lowest BCUT2D eigenvalue weighted by atomic mass is 10.1. The van der Waals surface area contributed by atoms with Crippen LogP contribution in [0.5, 0.6) is 0 Å². The molecule has 1 aromatic carbocycles. The van der Waals surface area contributed by atoms with Crippen molar-refractivity contribution in [3.05, 3.63) is 47.1 Å². The summed E-state index contributed by atoms with van der Waals surface area (Å²) in [6, 6.07) is 8.13. The number of carbonyl (C=O) groups excluding carboxylic acids is 1. The lowest BCUT2D eigenvalue weighted by molar-refractivity contribution is -0.121. The summed E-state index contributed by atoms with van der Waals surface area (Å²) in [6.07, 6.45) is 1.99. The Morgan fingerprint density at radius 1 is 1.24 bits per heavy atom. The van der Waals surface area contributed by atoms with E-state index >= 15 is 0 Å². The standard InChI is InChI=1S/C19H24N4O2/c1-13-16(14(2)25-22-13)9-10-19(24)20-11-6-12-23-15(3)21-17-7-4-5-8-18(17)23/h4-5,7-8H,6,9-12H2,1-3H3,(H,20,24). The molecule has 0 unspecified atom stereocenters. The van der Waals surface area contributed by atoms with Crippen LogP contribution in [-0.2, 0) is 17.8 Å². The molecular weight excluding hydrogens is 316 g/mol. The molecule has 0 aliphatic heterocycles. The molecule has 2 aromatic heterocycles. The van der Waals surface area contributed by atoms with E-state index in [0.29, 0.717) is 19.4 Å². The number of imidazole rings is 1. The molecule has 0 atom stereocenters. The van der Waals surface area contributed by atoms with E-state index in [4.69, 9.17) is 4.52 Å². The number of nitrogens with one attached hydrogen (secondary N) is 1. The number of aryl methyl sites for hydroxylation is 4. The number of amides is 1. The number of benzene rings is 1. The lowest BCUT2D eigenvalue weighted by Gasteiger charge is -2.08. The van der Waals surface area contributed by atoms with E-state index in [-0.39, 0.29) is 5.91 Å². The first-order chi connectivity index (χ1) is 12.1. The zero-order valence-corrected chi connectivity index (χ0v) is 15.0. The highest BCUT2D eigenvalue weighted by Crippen LogP contribution is 2.16. The predicted octanol–water partition coefficient (Wildman–Crippen LogP) is 3.09. The van der Waals surface area contributed by atoms with Gasteiger partial charge in [-0.3, -0.25) is 4.79 Å². The van der Waals surface area contributed by atoms with Crippen LogP contribution in [0, 0.1) is 20.8 Å². The minimum Gasteiger partial charge on any atom is -0.361 e. The van der Waals surface area contributed by atoms with Gasteiger partial charge in [-0.15, -0.1) is 0 Å². The average molecular weight is 340 g/mol. The summed E-state index contributed by atoms with van der Waals surface area (Å²) in [4.78, 5) is 16.6. The van der Waals surface area contributed by atoms with E-state index in [1.54, 1.807) is 0 Å². The molecule has 0 saturated carbocycles. The second-order valence-corrected chi connectivity index (χ2v) is 6.31. The van der Waals surface area contributed by atoms with E-state index < -0.39 is 0 Å². The SMILES string of the molecule is Cc1noc(C)c1CCC(=O)NCCCn1c(C)nc2ccccc21. The van der Waals surface area contributed by atoms with Crippen molar-refractivity contribution in [2.24, 2.45) is 0 Å². The van der Waals surface area contributed by atoms with Crippen molar-refractivity contribution in [1.29, 1.82) is 0 Å². The zero-order valence-electron chi connectivity index (χ0n) is 15.0. The fourth-order valence-corrected chi connectivity index (χ4v) is 3.13. The molecule has 132 valence electrons. The third-order valence-corrected chi connectivity index (χ3v) is 4.51. The molecule has 0 fully saturated rings. The Morgan fingerprint density at radius 3 is 2.80 bits per heavy atom. The minimum atomic E-state index is 0.0622. The van der Waals surface area contributed by atoms with Gasteiger partial charge in [0, 0.05) is 25.1 Å². The van der Waals surface area contributed by atoms with Crippen molar-refractivity contribution in [3.63, 3.8) is 0 Å². The number of hydrogen-bond acceptors (Lipinski definition) is 4. The number of fused-ring (bicyclic) bond motifs is 1. The number of rotatable bonds is 7. The van der Waals surface area contributed by atoms with E-state index in [2.05, 4.69) is 26.1 Å². The van der Waals surface area contributed by atoms with Crippen LogP contribution in [-0.4, -0.2) is 27.2 Å². The second kappa shape index (κ2) is 7.51. The quantitative estimate of drug-likeness (QED) is 0.671. The number of carbonyl (C=O) groups is 1. The van der Waals surface area contributed by atoms with E-state index in [9.17, 15) is 4.79 Å². The van der Waals surface area contributed by atoms with Crippen LogP contribution in [0.1, 0.15) is 35.7 Å². The number of aromatic nitrogens is 3. The highest BCUT2D eigenvalue weighted by molar-refractivity contribution is 5.76. The van der Waals surface area contributed by atoms with Gasteiger partial charge in [-0.2, -0.15) is 0 Å². The van der Waals surface area contributed by atoms with Crippen molar-refractivity contribution in [2.75, 3.05) is 6.54 Å². The average Bonchev–Trinajstić information content (AvgIpc) is 3.09. The Balaban J connectivity index is 1.45. The van der Waals surface area contributed by atoms with Crippen molar-refractivity contribution >= 4 is 16.9 Å². The Hall–Kier alpha value is -2.63. The van der Waals surface area contributed by atoms with Crippen LogP contribution in [0.4, 0.5) is 0 Å². The Morgan fingerprint density at radius 2 is 2.04 bits per heavy atom. The first kappa shape index (κ1) is 17.2. The Bertz CT molecular complexity index is 859. The monoisotopic (exact) mass is 340 g/mol. The largest absolute Gasteiger partial charge is 0.361 e. The van der Waals surface area contributed by atoms with Crippen molar-refractivity contribution in [3.8, 4) is 0 Å². The molecule has 6 heteroatoms. The maximum atomic E-state index is 12.0. The highest BCUT2D eigenvalue weighted by atomic mass is 16.5. The van der Waals surface area contributed by atoms with Crippen LogP contribution in [0.25, 0.3) is 11.0 Å². The van der Waals surface area contributed by atoms with E-state index in [1.165, 1.54) is 0 Å². The summed E-state index contributed by atoms with van der Waals surface area (Å²) in [5.74, 6) is 1.87. The summed E-state index contributed by atoms with van der Waals surface area (Å²) in [7, 11) is 0. The van der Waals surface area contributed by atoms with Crippen LogP contribution in [0.15, 0.2) is 28.8 Å². The van der Waals surface area contributed by atoms with Crippen molar-refractivity contribution < 1.29 is 9.32 Å². The van der Waals surface area contributed by atoms with Gasteiger partial charge >= 0.3 is 0 Å². The molecule has 25 heavy (non-hydrogen) atoms. The predicted molar refractivity (Wildman–Crippen MR) is 96.4 cm³/mol. The molecule has 6 nitrogen and oxygen atoms in total. The molecule has 0 saturated heterocycles. The maximum absolute atomic E-state index is 12.0. The molecule has 3 aromatic rings. The van der Waals surface area contributed by atoms with E-state index in [1.807, 2.05) is 39.0 Å². The molecule has 1 amide bonds. The van der Waals surface area contributed by atoms with Gasteiger partial charge in [-0.1, -0.05) is 17.3 Å². The van der Waals surface area contributed by atoms with Gasteiger partial charge in [-0.25, -0.2) is 4.98 Å². The molecule has 0 bridgehead atoms. The zero-order chi connectivity index (χ0) is 17.8. The van der Waals surface area contributed by atoms with Gasteiger partial charge in [0.25, 0.3) is 0 Å². The molecule has 0 aliphatic carbocycles. The van der Waals surface area contributed by atoms with Gasteiger partial charge < -0.3 is 14.4 Å². The topological polar surface area (TPSA) is 73.0 Å². The number of hydrogen-bond donors (Lipinski definition) is 1. The molecule has 0 spiro atoms. The summed E-state index contributed by atoms with van der Waals surface area (Å²) in [5.41, 5.74) is 4.07. The first-order valence-corrected chi connectivity index (χ1v) is 8.66. The van der Waals surface area contributed by atoms with Gasteiger partial charge in [0.15, 0.2) is 0 Å². The molecule has 3 rings (SSSR count). The molecular formula is C19H24N4O2. The van der Waals surface area contributed by atoms with Gasteiger partial charge in [0.2, 0.25) is 5.91 Å². The summed E-state index contributed by atoms with van der Waals surface area (Å²) < 4.78 is 7.32. The molecule has 0 radical (unpaired) electrons. The summed E-state index contributed by atoms with van der Waals surface area (Å²) >= 11 is 0. The summed E-state index contributed by atoms with van der Waals surface area (Å²) in [5, 5.41) is 6.91. The fraction of sp³-hybridized carbons (Fsp3) is 0.421. The van der Waals surface area contributed by atoms with Crippen LogP contribution >= 0.6 is 0 Å². The smallest absolute Gasteiger partial charge is 0.220 e. The minimum absolute atomic E-state index is 0.0622. The van der Waals surface area contributed by atoms with Gasteiger partial charge in [-0.05, 0) is 45.7 Å². The first-order valence-electron chi connectivity index (χ1n) is 8.66. The van der Waals surface area contributed by atoms with Gasteiger partial charge in [0.1, 0.15) is 11.6 Å². The second-order valence-electron chi connectivity index (χ2n) is 6.31. The van der Waals surface area contributed by atoms with Crippen molar-refractivity contribution in [2.45, 2.75) is 46.6 Å². The fourth-order valence-electron chi connectivity index (χ4n) is 3.13. The lowest BCUT2D eigenvalue weighted by Crippen LogP contribution is -2.25. The van der Waals surface area contributed by atoms with Gasteiger partial charge in [0.05, 0.1) is 16.7 Å². The molecule has 0 aliphatic rings. The van der Waals surface area contributed by atoms with Crippen LogP contribution in [0.2, 0.25) is 0 Å².